The molecule has 13 heavy (non-hydrogen) atoms. The van der Waals surface area contributed by atoms with E-state index in [0.29, 0.717) is 5.56 Å². The van der Waals surface area contributed by atoms with E-state index in [2.05, 4.69) is 6.92 Å². The smallest absolute Gasteiger partial charge is 0.126 e. The Bertz CT molecular complexity index is 281. The van der Waals surface area contributed by atoms with Crippen LogP contribution in [0.25, 0.3) is 0 Å². The summed E-state index contributed by atoms with van der Waals surface area (Å²) >= 11 is 0. The van der Waals surface area contributed by atoms with Gasteiger partial charge in [0, 0.05) is 5.92 Å². The van der Waals surface area contributed by atoms with E-state index in [0.717, 1.165) is 12.0 Å². The van der Waals surface area contributed by atoms with Gasteiger partial charge in [-0.1, -0.05) is 19.1 Å². The standard InChI is InChI=1S/C11H13F2/c1-3-9-4-5-11(13)10(6-9)8(2)7-12/h4-6,8H,2-3,7H2,1H3. The van der Waals surface area contributed by atoms with E-state index < -0.39 is 12.6 Å². The number of aryl methyl sites for hydroxylation is 1. The molecule has 0 spiro atoms. The zero-order valence-corrected chi connectivity index (χ0v) is 7.69. The molecule has 0 fully saturated rings. The van der Waals surface area contributed by atoms with Crippen molar-refractivity contribution in [3.05, 3.63) is 42.1 Å². The molecule has 0 aromatic heterocycles. The monoisotopic (exact) mass is 183 g/mol. The molecule has 0 saturated carbocycles. The Morgan fingerprint density at radius 1 is 1.46 bits per heavy atom. The number of rotatable bonds is 3. The van der Waals surface area contributed by atoms with Crippen molar-refractivity contribution in [1.82, 2.24) is 0 Å². The van der Waals surface area contributed by atoms with Crippen molar-refractivity contribution in [2.24, 2.45) is 0 Å². The molecule has 71 valence electrons. The molecule has 0 bridgehead atoms. The third-order valence-corrected chi connectivity index (χ3v) is 2.09. The molecule has 0 nitrogen and oxygen atoms in total. The van der Waals surface area contributed by atoms with Crippen LogP contribution in [0.4, 0.5) is 8.78 Å². The number of hydrogen-bond donors (Lipinski definition) is 0. The zero-order chi connectivity index (χ0) is 9.84. The van der Waals surface area contributed by atoms with Crippen molar-refractivity contribution in [2.45, 2.75) is 19.3 Å². The molecular weight excluding hydrogens is 170 g/mol. The summed E-state index contributed by atoms with van der Waals surface area (Å²) in [6, 6.07) is 4.78. The second kappa shape index (κ2) is 4.35. The maximum absolute atomic E-state index is 13.1. The minimum atomic E-state index is -0.621. The van der Waals surface area contributed by atoms with Crippen LogP contribution in [0.2, 0.25) is 0 Å². The molecule has 1 atom stereocenters. The molecule has 1 aromatic rings. The molecule has 1 unspecified atom stereocenters. The first-order valence-electron chi connectivity index (χ1n) is 4.36. The normalized spacial score (nSPS) is 12.9. The summed E-state index contributed by atoms with van der Waals surface area (Å²) in [6.07, 6.45) is 0.826. The highest BCUT2D eigenvalue weighted by atomic mass is 19.1. The predicted molar refractivity (Wildman–Crippen MR) is 49.9 cm³/mol. The largest absolute Gasteiger partial charge is 0.250 e. The summed E-state index contributed by atoms with van der Waals surface area (Å²) in [6.45, 7) is 4.90. The van der Waals surface area contributed by atoms with Crippen molar-refractivity contribution in [3.8, 4) is 0 Å². The average Bonchev–Trinajstić information content (AvgIpc) is 2.17. The lowest BCUT2D eigenvalue weighted by Gasteiger charge is -2.09. The second-order valence-electron chi connectivity index (χ2n) is 3.06. The molecule has 0 amide bonds. The first-order chi connectivity index (χ1) is 6.19. The van der Waals surface area contributed by atoms with Crippen molar-refractivity contribution in [1.29, 1.82) is 0 Å². The van der Waals surface area contributed by atoms with Gasteiger partial charge in [0.05, 0.1) is 6.67 Å². The van der Waals surface area contributed by atoms with Crippen LogP contribution >= 0.6 is 0 Å². The molecule has 0 aliphatic heterocycles. The Balaban J connectivity index is 3.03. The third kappa shape index (κ3) is 2.27. The van der Waals surface area contributed by atoms with Crippen LogP contribution in [0.5, 0.6) is 0 Å². The second-order valence-corrected chi connectivity index (χ2v) is 3.06. The maximum atomic E-state index is 13.1. The van der Waals surface area contributed by atoms with Gasteiger partial charge in [0.2, 0.25) is 0 Å². The lowest BCUT2D eigenvalue weighted by molar-refractivity contribution is 0.455. The van der Waals surface area contributed by atoms with Gasteiger partial charge < -0.3 is 0 Å². The Morgan fingerprint density at radius 2 is 2.15 bits per heavy atom. The van der Waals surface area contributed by atoms with Gasteiger partial charge >= 0.3 is 0 Å². The number of alkyl halides is 1. The van der Waals surface area contributed by atoms with Crippen LogP contribution in [0.15, 0.2) is 18.2 Å². The van der Waals surface area contributed by atoms with Gasteiger partial charge in [0.1, 0.15) is 5.82 Å². The number of hydrogen-bond acceptors (Lipinski definition) is 0. The van der Waals surface area contributed by atoms with Crippen LogP contribution in [-0.2, 0) is 6.42 Å². The molecule has 2 heteroatoms. The molecule has 1 radical (unpaired) electrons. The maximum Gasteiger partial charge on any atom is 0.126 e. The average molecular weight is 183 g/mol. The predicted octanol–water partition coefficient (Wildman–Crippen LogP) is 3.28. The van der Waals surface area contributed by atoms with E-state index >= 15 is 0 Å². The minimum absolute atomic E-state index is 0.366. The van der Waals surface area contributed by atoms with E-state index in [1.165, 1.54) is 6.07 Å². The minimum Gasteiger partial charge on any atom is -0.250 e. The SMILES string of the molecule is [CH2]C(CF)c1cc(CC)ccc1F. The Morgan fingerprint density at radius 3 is 2.69 bits per heavy atom. The molecule has 0 aliphatic rings. The summed E-state index contributed by atoms with van der Waals surface area (Å²) in [7, 11) is 0. The van der Waals surface area contributed by atoms with E-state index in [1.54, 1.807) is 12.1 Å². The summed E-state index contributed by atoms with van der Waals surface area (Å²) in [5, 5.41) is 0. The molecule has 1 aromatic carbocycles. The fraction of sp³-hybridized carbons (Fsp3) is 0.364. The van der Waals surface area contributed by atoms with E-state index in [1.807, 2.05) is 6.92 Å². The van der Waals surface area contributed by atoms with Gasteiger partial charge in [0.25, 0.3) is 0 Å². The molecule has 0 saturated heterocycles. The van der Waals surface area contributed by atoms with Gasteiger partial charge in [-0.3, -0.25) is 4.39 Å². The topological polar surface area (TPSA) is 0 Å². The number of halogens is 2. The lowest BCUT2D eigenvalue weighted by atomic mass is 9.99. The quantitative estimate of drug-likeness (QED) is 0.674. The molecule has 0 N–H and O–H groups in total. The van der Waals surface area contributed by atoms with Gasteiger partial charge in [-0.2, -0.15) is 0 Å². The first-order valence-corrected chi connectivity index (χ1v) is 4.36. The van der Waals surface area contributed by atoms with Crippen LogP contribution in [0.1, 0.15) is 24.0 Å². The fourth-order valence-corrected chi connectivity index (χ4v) is 1.21. The van der Waals surface area contributed by atoms with Gasteiger partial charge in [-0.15, -0.1) is 0 Å². The van der Waals surface area contributed by atoms with Gasteiger partial charge in [-0.25, -0.2) is 4.39 Å². The molecular formula is C11H13F2. The highest BCUT2D eigenvalue weighted by Crippen LogP contribution is 2.20. The fourth-order valence-electron chi connectivity index (χ4n) is 1.21. The van der Waals surface area contributed by atoms with E-state index in [9.17, 15) is 8.78 Å². The van der Waals surface area contributed by atoms with Crippen molar-refractivity contribution >= 4 is 0 Å². The Kier molecular flexibility index (Phi) is 3.40. The van der Waals surface area contributed by atoms with Crippen LogP contribution in [0.3, 0.4) is 0 Å². The van der Waals surface area contributed by atoms with E-state index in [4.69, 9.17) is 0 Å². The van der Waals surface area contributed by atoms with Crippen molar-refractivity contribution < 1.29 is 8.78 Å². The van der Waals surface area contributed by atoms with Crippen LogP contribution < -0.4 is 0 Å². The highest BCUT2D eigenvalue weighted by molar-refractivity contribution is 5.28. The molecule has 0 aliphatic carbocycles. The number of benzene rings is 1. The molecule has 0 heterocycles. The third-order valence-electron chi connectivity index (χ3n) is 2.09. The Hall–Kier alpha value is -0.920. The summed E-state index contributed by atoms with van der Waals surface area (Å²) in [5.74, 6) is -0.957. The van der Waals surface area contributed by atoms with Crippen LogP contribution in [-0.4, -0.2) is 6.67 Å². The van der Waals surface area contributed by atoms with Crippen LogP contribution in [0, 0.1) is 12.7 Å². The Labute approximate surface area is 77.6 Å². The summed E-state index contributed by atoms with van der Waals surface area (Å²) in [5.41, 5.74) is 1.39. The first kappa shape index (κ1) is 10.2. The summed E-state index contributed by atoms with van der Waals surface area (Å²) in [4.78, 5) is 0. The lowest BCUT2D eigenvalue weighted by Crippen LogP contribution is -2.00. The van der Waals surface area contributed by atoms with E-state index in [-0.39, 0.29) is 5.82 Å². The molecule has 1 rings (SSSR count). The van der Waals surface area contributed by atoms with Gasteiger partial charge in [-0.05, 0) is 30.5 Å². The summed E-state index contributed by atoms with van der Waals surface area (Å²) < 4.78 is 25.4. The van der Waals surface area contributed by atoms with Crippen molar-refractivity contribution in [2.75, 3.05) is 6.67 Å². The van der Waals surface area contributed by atoms with Crippen molar-refractivity contribution in [3.63, 3.8) is 0 Å². The highest BCUT2D eigenvalue weighted by Gasteiger charge is 2.10. The van der Waals surface area contributed by atoms with Gasteiger partial charge in [0.15, 0.2) is 0 Å². The zero-order valence-electron chi connectivity index (χ0n) is 7.69.